The van der Waals surface area contributed by atoms with Gasteiger partial charge in [0, 0.05) is 0 Å². The van der Waals surface area contributed by atoms with Crippen LogP contribution in [0.25, 0.3) is 6.08 Å². The van der Waals surface area contributed by atoms with Gasteiger partial charge in [-0.25, -0.2) is 0 Å². The van der Waals surface area contributed by atoms with Crippen molar-refractivity contribution in [2.45, 2.75) is 6.92 Å². The average molecular weight is 178 g/mol. The Morgan fingerprint density at radius 3 is 2.23 bits per heavy atom. The van der Waals surface area contributed by atoms with Gasteiger partial charge in [-0.2, -0.15) is 0 Å². The topological polar surface area (TPSA) is 18.5 Å². The predicted molar refractivity (Wildman–Crippen MR) is 53.7 cm³/mol. The van der Waals surface area contributed by atoms with Gasteiger partial charge in [0.1, 0.15) is 5.75 Å². The quantitative estimate of drug-likeness (QED) is 0.662. The molecule has 13 heavy (non-hydrogen) atoms. The van der Waals surface area contributed by atoms with Gasteiger partial charge in [0.2, 0.25) is 0 Å². The zero-order valence-corrected chi connectivity index (χ0v) is 8.20. The van der Waals surface area contributed by atoms with E-state index in [-0.39, 0.29) is 0 Å². The highest BCUT2D eigenvalue weighted by Gasteiger charge is 1.91. The smallest absolute Gasteiger partial charge is 0.118 e. The molecule has 1 aromatic rings. The van der Waals surface area contributed by atoms with Crippen molar-refractivity contribution in [1.82, 2.24) is 0 Å². The second-order valence-electron chi connectivity index (χ2n) is 2.73. The van der Waals surface area contributed by atoms with E-state index in [0.29, 0.717) is 0 Å². The van der Waals surface area contributed by atoms with Crippen molar-refractivity contribution in [1.29, 1.82) is 0 Å². The summed E-state index contributed by atoms with van der Waals surface area (Å²) in [4.78, 5) is 0. The molecule has 70 valence electrons. The first kappa shape index (κ1) is 9.65. The van der Waals surface area contributed by atoms with Gasteiger partial charge in [0.25, 0.3) is 0 Å². The van der Waals surface area contributed by atoms with E-state index in [1.807, 2.05) is 37.3 Å². The van der Waals surface area contributed by atoms with Crippen LogP contribution in [0.5, 0.6) is 5.75 Å². The number of hydrogen-bond donors (Lipinski definition) is 0. The normalized spacial score (nSPS) is 11.2. The predicted octanol–water partition coefficient (Wildman–Crippen LogP) is 2.70. The summed E-state index contributed by atoms with van der Waals surface area (Å²) < 4.78 is 10.1. The molecule has 1 rings (SSSR count). The highest BCUT2D eigenvalue weighted by molar-refractivity contribution is 5.51. The summed E-state index contributed by atoms with van der Waals surface area (Å²) in [6.07, 6.45) is 1.97. The molecule has 0 saturated heterocycles. The van der Waals surface area contributed by atoms with Gasteiger partial charge in [0.05, 0.1) is 20.0 Å². The number of hydrogen-bond acceptors (Lipinski definition) is 2. The number of allylic oxidation sites excluding steroid dienone is 1. The summed E-state index contributed by atoms with van der Waals surface area (Å²) >= 11 is 0. The van der Waals surface area contributed by atoms with E-state index in [0.717, 1.165) is 17.1 Å². The van der Waals surface area contributed by atoms with Crippen LogP contribution in [0.4, 0.5) is 0 Å². The third kappa shape index (κ3) is 2.82. The maximum Gasteiger partial charge on any atom is 0.118 e. The van der Waals surface area contributed by atoms with Crippen LogP contribution >= 0.6 is 0 Å². The van der Waals surface area contributed by atoms with E-state index >= 15 is 0 Å². The maximum absolute atomic E-state index is 5.05. The minimum absolute atomic E-state index is 0.868. The summed E-state index contributed by atoms with van der Waals surface area (Å²) in [7, 11) is 3.32. The number of ether oxygens (including phenoxy) is 2. The van der Waals surface area contributed by atoms with Crippen LogP contribution < -0.4 is 4.74 Å². The van der Waals surface area contributed by atoms with Gasteiger partial charge < -0.3 is 9.47 Å². The van der Waals surface area contributed by atoms with Crippen LogP contribution in [0.15, 0.2) is 30.0 Å². The van der Waals surface area contributed by atoms with Gasteiger partial charge in [-0.3, -0.25) is 0 Å². The SMILES string of the molecule is COC(C)=Cc1ccc(OC)cc1. The Balaban J connectivity index is 2.80. The molecule has 0 fully saturated rings. The highest BCUT2D eigenvalue weighted by Crippen LogP contribution is 2.13. The maximum atomic E-state index is 5.05. The molecule has 0 heterocycles. The Kier molecular flexibility index (Phi) is 3.38. The van der Waals surface area contributed by atoms with Crippen molar-refractivity contribution in [3.05, 3.63) is 35.6 Å². The second-order valence-corrected chi connectivity index (χ2v) is 2.73. The lowest BCUT2D eigenvalue weighted by Gasteiger charge is -2.01. The second kappa shape index (κ2) is 4.55. The lowest BCUT2D eigenvalue weighted by Crippen LogP contribution is -1.83. The monoisotopic (exact) mass is 178 g/mol. The van der Waals surface area contributed by atoms with Crippen LogP contribution in [-0.2, 0) is 4.74 Å². The summed E-state index contributed by atoms with van der Waals surface area (Å²) in [6.45, 7) is 1.92. The fraction of sp³-hybridized carbons (Fsp3) is 0.273. The fourth-order valence-electron chi connectivity index (χ4n) is 0.994. The molecule has 0 saturated carbocycles. The van der Waals surface area contributed by atoms with Crippen molar-refractivity contribution in [3.63, 3.8) is 0 Å². The van der Waals surface area contributed by atoms with Gasteiger partial charge in [-0.15, -0.1) is 0 Å². The molecule has 0 radical (unpaired) electrons. The van der Waals surface area contributed by atoms with Crippen molar-refractivity contribution in [2.75, 3.05) is 14.2 Å². The van der Waals surface area contributed by atoms with Crippen molar-refractivity contribution in [3.8, 4) is 5.75 Å². The van der Waals surface area contributed by atoms with Crippen LogP contribution in [0.2, 0.25) is 0 Å². The molecule has 0 spiro atoms. The van der Waals surface area contributed by atoms with Crippen LogP contribution in [0, 0.1) is 0 Å². The Hall–Kier alpha value is -1.44. The van der Waals surface area contributed by atoms with E-state index in [2.05, 4.69) is 0 Å². The zero-order chi connectivity index (χ0) is 9.68. The molecular weight excluding hydrogens is 164 g/mol. The Bertz CT molecular complexity index is 285. The van der Waals surface area contributed by atoms with E-state index in [4.69, 9.17) is 9.47 Å². The van der Waals surface area contributed by atoms with Crippen molar-refractivity contribution in [2.24, 2.45) is 0 Å². The largest absolute Gasteiger partial charge is 0.501 e. The first-order valence-electron chi connectivity index (χ1n) is 4.12. The molecule has 0 aliphatic rings. The zero-order valence-electron chi connectivity index (χ0n) is 8.20. The van der Waals surface area contributed by atoms with Crippen LogP contribution in [0.3, 0.4) is 0 Å². The molecule has 2 heteroatoms. The lowest BCUT2D eigenvalue weighted by molar-refractivity contribution is 0.297. The van der Waals surface area contributed by atoms with E-state index < -0.39 is 0 Å². The first-order chi connectivity index (χ1) is 6.26. The average Bonchev–Trinajstić information content (AvgIpc) is 2.19. The first-order valence-corrected chi connectivity index (χ1v) is 4.12. The molecule has 0 N–H and O–H groups in total. The molecule has 0 amide bonds. The van der Waals surface area contributed by atoms with Crippen LogP contribution in [-0.4, -0.2) is 14.2 Å². The van der Waals surface area contributed by atoms with Crippen LogP contribution in [0.1, 0.15) is 12.5 Å². The number of methoxy groups -OCH3 is 2. The molecule has 2 nitrogen and oxygen atoms in total. The summed E-state index contributed by atoms with van der Waals surface area (Å²) in [5.41, 5.74) is 1.11. The Morgan fingerprint density at radius 2 is 1.77 bits per heavy atom. The third-order valence-corrected chi connectivity index (χ3v) is 1.81. The summed E-state index contributed by atoms with van der Waals surface area (Å²) in [5, 5.41) is 0. The Morgan fingerprint density at radius 1 is 1.15 bits per heavy atom. The molecule has 1 aromatic carbocycles. The van der Waals surface area contributed by atoms with Gasteiger partial charge in [0.15, 0.2) is 0 Å². The fourth-order valence-corrected chi connectivity index (χ4v) is 0.994. The standard InChI is InChI=1S/C11H14O2/c1-9(12-2)8-10-4-6-11(13-3)7-5-10/h4-8H,1-3H3. The highest BCUT2D eigenvalue weighted by atomic mass is 16.5. The molecule has 0 aliphatic carbocycles. The van der Waals surface area contributed by atoms with Gasteiger partial charge in [-0.05, 0) is 30.7 Å². The van der Waals surface area contributed by atoms with Crippen molar-refractivity contribution >= 4 is 6.08 Å². The molecule has 0 unspecified atom stereocenters. The van der Waals surface area contributed by atoms with E-state index in [1.165, 1.54) is 0 Å². The van der Waals surface area contributed by atoms with Gasteiger partial charge >= 0.3 is 0 Å². The third-order valence-electron chi connectivity index (χ3n) is 1.81. The molecule has 0 aliphatic heterocycles. The minimum Gasteiger partial charge on any atom is -0.501 e. The lowest BCUT2D eigenvalue weighted by atomic mass is 10.2. The number of benzene rings is 1. The summed E-state index contributed by atoms with van der Waals surface area (Å²) in [6, 6.07) is 7.83. The molecular formula is C11H14O2. The number of rotatable bonds is 3. The van der Waals surface area contributed by atoms with Gasteiger partial charge in [-0.1, -0.05) is 12.1 Å². The van der Waals surface area contributed by atoms with Crippen molar-refractivity contribution < 1.29 is 9.47 Å². The molecule has 0 bridgehead atoms. The van der Waals surface area contributed by atoms with E-state index in [9.17, 15) is 0 Å². The van der Waals surface area contributed by atoms with E-state index in [1.54, 1.807) is 14.2 Å². The Labute approximate surface area is 78.8 Å². The molecule has 0 aromatic heterocycles. The molecule has 0 atom stereocenters. The minimum atomic E-state index is 0.868. The summed E-state index contributed by atoms with van der Waals surface area (Å²) in [5.74, 6) is 1.76.